The van der Waals surface area contributed by atoms with E-state index in [-0.39, 0.29) is 11.6 Å². The Morgan fingerprint density at radius 1 is 1.33 bits per heavy atom. The molecule has 0 aliphatic heterocycles. The number of para-hydroxylation sites is 1. The Hall–Kier alpha value is -1.05. The first-order valence-corrected chi connectivity index (χ1v) is 2.51. The fourth-order valence-corrected chi connectivity index (χ4v) is 0.562. The molecule has 0 saturated carbocycles. The number of hydrogen-bond donors (Lipinski definition) is 0. The molecule has 0 spiro atoms. The van der Waals surface area contributed by atoms with Crippen molar-refractivity contribution < 1.29 is 9.13 Å². The Kier molecular flexibility index (Phi) is 1.68. The van der Waals surface area contributed by atoms with Crippen LogP contribution in [0.15, 0.2) is 24.3 Å². The van der Waals surface area contributed by atoms with E-state index in [9.17, 15) is 4.39 Å². The molecule has 2 heteroatoms. The Bertz CT molecular complexity index is 198. The van der Waals surface area contributed by atoms with Crippen LogP contribution in [0.25, 0.3) is 0 Å². The highest BCUT2D eigenvalue weighted by atomic mass is 19.1. The van der Waals surface area contributed by atoms with Crippen molar-refractivity contribution >= 4 is 0 Å². The summed E-state index contributed by atoms with van der Waals surface area (Å²) in [4.78, 5) is 0. The van der Waals surface area contributed by atoms with Crippen molar-refractivity contribution in [3.8, 4) is 5.75 Å². The Labute approximate surface area is 53.1 Å². The van der Waals surface area contributed by atoms with E-state index in [4.69, 9.17) is 0 Å². The molecule has 1 radical (unpaired) electrons. The lowest BCUT2D eigenvalue weighted by atomic mass is 10.3. The van der Waals surface area contributed by atoms with Gasteiger partial charge in [0.1, 0.15) is 7.11 Å². The van der Waals surface area contributed by atoms with Crippen LogP contribution in [0.2, 0.25) is 0 Å². The first-order chi connectivity index (χ1) is 4.34. The molecule has 0 saturated heterocycles. The molecule has 0 heterocycles. The highest BCUT2D eigenvalue weighted by Crippen LogP contribution is 2.13. The van der Waals surface area contributed by atoms with Crippen molar-refractivity contribution in [1.82, 2.24) is 0 Å². The van der Waals surface area contributed by atoms with Crippen molar-refractivity contribution in [2.75, 3.05) is 0 Å². The zero-order chi connectivity index (χ0) is 6.69. The second-order valence-electron chi connectivity index (χ2n) is 1.57. The Balaban J connectivity index is 3.01. The van der Waals surface area contributed by atoms with Gasteiger partial charge in [-0.15, -0.1) is 0 Å². The van der Waals surface area contributed by atoms with E-state index in [1.165, 1.54) is 12.1 Å². The fraction of sp³-hybridized carbons (Fsp3) is 0. The highest BCUT2D eigenvalue weighted by Gasteiger charge is 1.95. The number of hydrogen-bond acceptors (Lipinski definition) is 1. The average Bonchev–Trinajstić information content (AvgIpc) is 1.89. The molecular weight excluding hydrogens is 119 g/mol. The summed E-state index contributed by atoms with van der Waals surface area (Å²) in [6.07, 6.45) is 0. The van der Waals surface area contributed by atoms with Crippen LogP contribution in [-0.4, -0.2) is 0 Å². The SMILES string of the molecule is [CH2]Oc1ccccc1F. The monoisotopic (exact) mass is 125 g/mol. The van der Waals surface area contributed by atoms with Crippen LogP contribution >= 0.6 is 0 Å². The van der Waals surface area contributed by atoms with Gasteiger partial charge >= 0.3 is 0 Å². The summed E-state index contributed by atoms with van der Waals surface area (Å²) in [6.45, 7) is 0. The first kappa shape index (κ1) is 6.08. The van der Waals surface area contributed by atoms with E-state index in [1.807, 2.05) is 0 Å². The molecular formula is C7H6FO. The summed E-state index contributed by atoms with van der Waals surface area (Å²) < 4.78 is 16.8. The molecule has 0 bridgehead atoms. The summed E-state index contributed by atoms with van der Waals surface area (Å²) in [7, 11) is 3.08. The molecule has 1 aromatic carbocycles. The second-order valence-corrected chi connectivity index (χ2v) is 1.57. The van der Waals surface area contributed by atoms with Crippen LogP contribution in [0, 0.1) is 12.9 Å². The first-order valence-electron chi connectivity index (χ1n) is 2.51. The summed E-state index contributed by atoms with van der Waals surface area (Å²) in [5.74, 6) is -0.204. The molecule has 0 aromatic heterocycles. The van der Waals surface area contributed by atoms with Crippen molar-refractivity contribution in [3.63, 3.8) is 0 Å². The molecule has 0 aliphatic carbocycles. The standard InChI is InChI=1S/C7H6FO/c1-9-7-5-3-2-4-6(7)8/h2-5H,1H2. The van der Waals surface area contributed by atoms with Gasteiger partial charge in [-0.1, -0.05) is 12.1 Å². The third-order valence-corrected chi connectivity index (χ3v) is 0.992. The molecule has 9 heavy (non-hydrogen) atoms. The average molecular weight is 125 g/mol. The van der Waals surface area contributed by atoms with E-state index in [0.29, 0.717) is 0 Å². The molecule has 0 atom stereocenters. The van der Waals surface area contributed by atoms with E-state index in [2.05, 4.69) is 11.8 Å². The van der Waals surface area contributed by atoms with Crippen LogP contribution in [0.5, 0.6) is 5.75 Å². The second kappa shape index (κ2) is 2.49. The van der Waals surface area contributed by atoms with E-state index >= 15 is 0 Å². The van der Waals surface area contributed by atoms with E-state index in [0.717, 1.165) is 0 Å². The van der Waals surface area contributed by atoms with E-state index < -0.39 is 0 Å². The third kappa shape index (κ3) is 1.19. The van der Waals surface area contributed by atoms with Gasteiger partial charge in [0, 0.05) is 0 Å². The quantitative estimate of drug-likeness (QED) is 0.557. The molecule has 0 N–H and O–H groups in total. The van der Waals surface area contributed by atoms with Crippen molar-refractivity contribution in [2.24, 2.45) is 0 Å². The van der Waals surface area contributed by atoms with Gasteiger partial charge in [0.2, 0.25) is 0 Å². The molecule has 0 unspecified atom stereocenters. The lowest BCUT2D eigenvalue weighted by molar-refractivity contribution is 0.434. The Morgan fingerprint density at radius 2 is 2.00 bits per heavy atom. The zero-order valence-electron chi connectivity index (χ0n) is 4.80. The lowest BCUT2D eigenvalue weighted by Gasteiger charge is -1.97. The van der Waals surface area contributed by atoms with Crippen molar-refractivity contribution in [3.05, 3.63) is 37.2 Å². The third-order valence-electron chi connectivity index (χ3n) is 0.992. The molecule has 47 valence electrons. The summed E-state index contributed by atoms with van der Waals surface area (Å²) in [5.41, 5.74) is 0. The van der Waals surface area contributed by atoms with E-state index in [1.54, 1.807) is 12.1 Å². The number of ether oxygens (including phenoxy) is 1. The summed E-state index contributed by atoms with van der Waals surface area (Å²) in [6, 6.07) is 6.12. The molecule has 1 aromatic rings. The predicted octanol–water partition coefficient (Wildman–Crippen LogP) is 2.00. The van der Waals surface area contributed by atoms with Gasteiger partial charge in [0.15, 0.2) is 11.6 Å². The van der Waals surface area contributed by atoms with Crippen molar-refractivity contribution in [2.45, 2.75) is 0 Å². The maximum absolute atomic E-state index is 12.4. The highest BCUT2D eigenvalue weighted by molar-refractivity contribution is 5.23. The van der Waals surface area contributed by atoms with Crippen LogP contribution < -0.4 is 4.74 Å². The van der Waals surface area contributed by atoms with Gasteiger partial charge in [-0.3, -0.25) is 0 Å². The number of halogens is 1. The molecule has 1 rings (SSSR count). The number of benzene rings is 1. The van der Waals surface area contributed by atoms with Crippen LogP contribution in [0.3, 0.4) is 0 Å². The fourth-order valence-electron chi connectivity index (χ4n) is 0.562. The lowest BCUT2D eigenvalue weighted by Crippen LogP contribution is -1.82. The maximum Gasteiger partial charge on any atom is 0.165 e. The maximum atomic E-state index is 12.4. The largest absolute Gasteiger partial charge is 0.487 e. The topological polar surface area (TPSA) is 9.23 Å². The summed E-state index contributed by atoms with van der Waals surface area (Å²) in [5, 5.41) is 0. The van der Waals surface area contributed by atoms with Gasteiger partial charge in [-0.2, -0.15) is 0 Å². The summed E-state index contributed by atoms with van der Waals surface area (Å²) >= 11 is 0. The molecule has 0 fully saturated rings. The Morgan fingerprint density at radius 3 is 2.44 bits per heavy atom. The predicted molar refractivity (Wildman–Crippen MR) is 32.4 cm³/mol. The minimum Gasteiger partial charge on any atom is -0.487 e. The van der Waals surface area contributed by atoms with Gasteiger partial charge in [0.25, 0.3) is 0 Å². The van der Waals surface area contributed by atoms with Gasteiger partial charge in [0.05, 0.1) is 0 Å². The molecule has 0 aliphatic rings. The minimum atomic E-state index is -0.382. The van der Waals surface area contributed by atoms with Crippen LogP contribution in [-0.2, 0) is 0 Å². The van der Waals surface area contributed by atoms with Crippen LogP contribution in [0.4, 0.5) is 4.39 Å². The van der Waals surface area contributed by atoms with Crippen LogP contribution in [0.1, 0.15) is 0 Å². The normalized spacial score (nSPS) is 9.11. The molecule has 1 nitrogen and oxygen atoms in total. The zero-order valence-corrected chi connectivity index (χ0v) is 4.80. The molecule has 0 amide bonds. The van der Waals surface area contributed by atoms with Gasteiger partial charge in [-0.25, -0.2) is 4.39 Å². The van der Waals surface area contributed by atoms with Gasteiger partial charge < -0.3 is 4.74 Å². The smallest absolute Gasteiger partial charge is 0.165 e. The number of rotatable bonds is 1. The van der Waals surface area contributed by atoms with Crippen molar-refractivity contribution in [1.29, 1.82) is 0 Å². The van der Waals surface area contributed by atoms with Gasteiger partial charge in [-0.05, 0) is 12.1 Å². The minimum absolute atomic E-state index is 0.178.